The quantitative estimate of drug-likeness (QED) is 0.365. The van der Waals surface area contributed by atoms with Crippen molar-refractivity contribution in [3.05, 3.63) is 53.7 Å². The molecule has 4 aromatic rings. The molecule has 204 valence electrons. The number of amides is 2. The molecular weight excluding hydrogens is 494 g/mol. The Hall–Kier alpha value is -4.34. The number of tetrazole rings is 1. The molecule has 2 heterocycles. The third-order valence-corrected chi connectivity index (χ3v) is 6.43. The molecule has 0 aliphatic rings. The number of rotatable bonds is 7. The first-order valence-electron chi connectivity index (χ1n) is 12.9. The second-order valence-corrected chi connectivity index (χ2v) is 11.2. The molecule has 10 heteroatoms. The minimum atomic E-state index is -0.562. The van der Waals surface area contributed by atoms with Gasteiger partial charge in [-0.25, -0.2) is 9.78 Å². The van der Waals surface area contributed by atoms with E-state index in [2.05, 4.69) is 29.3 Å². The highest BCUT2D eigenvalue weighted by atomic mass is 16.6. The van der Waals surface area contributed by atoms with E-state index in [1.54, 1.807) is 11.9 Å². The van der Waals surface area contributed by atoms with Crippen LogP contribution >= 0.6 is 0 Å². The van der Waals surface area contributed by atoms with Crippen LogP contribution in [0.2, 0.25) is 0 Å². The van der Waals surface area contributed by atoms with E-state index in [-0.39, 0.29) is 12.5 Å². The van der Waals surface area contributed by atoms with E-state index in [4.69, 9.17) is 15.5 Å². The van der Waals surface area contributed by atoms with Crippen LogP contribution in [0.3, 0.4) is 0 Å². The number of nitrogens with two attached hydrogens (primary N) is 1. The number of aromatic nitrogens is 5. The van der Waals surface area contributed by atoms with Crippen LogP contribution in [-0.2, 0) is 17.8 Å². The molecule has 0 radical (unpaired) electrons. The van der Waals surface area contributed by atoms with Gasteiger partial charge in [-0.2, -0.15) is 4.80 Å². The summed E-state index contributed by atoms with van der Waals surface area (Å²) in [6.07, 6.45) is 0.163. The number of nitrogens with zero attached hydrogens (tertiary/aromatic N) is 6. The Kier molecular flexibility index (Phi) is 7.67. The lowest BCUT2D eigenvalue weighted by molar-refractivity contribution is -0.118. The van der Waals surface area contributed by atoms with E-state index < -0.39 is 17.5 Å². The summed E-state index contributed by atoms with van der Waals surface area (Å²) >= 11 is 0. The minimum Gasteiger partial charge on any atom is -0.408 e. The van der Waals surface area contributed by atoms with Crippen LogP contribution < -0.4 is 10.5 Å². The number of fused-ring (bicyclic) bond motifs is 1. The summed E-state index contributed by atoms with van der Waals surface area (Å²) in [4.78, 5) is 32.3. The van der Waals surface area contributed by atoms with Crippen LogP contribution in [0, 0.1) is 12.8 Å². The van der Waals surface area contributed by atoms with Crippen molar-refractivity contribution in [3.8, 4) is 28.3 Å². The number of carbonyl (C=O) groups is 2. The molecule has 2 amide bonds. The third kappa shape index (κ3) is 6.22. The molecule has 39 heavy (non-hydrogen) atoms. The third-order valence-electron chi connectivity index (χ3n) is 6.43. The van der Waals surface area contributed by atoms with Crippen LogP contribution in [-0.4, -0.2) is 54.7 Å². The maximum Gasteiger partial charge on any atom is 0.415 e. The van der Waals surface area contributed by atoms with Gasteiger partial charge in [0.25, 0.3) is 0 Å². The predicted molar refractivity (Wildman–Crippen MR) is 150 cm³/mol. The van der Waals surface area contributed by atoms with Gasteiger partial charge in [0.1, 0.15) is 6.54 Å². The van der Waals surface area contributed by atoms with Crippen LogP contribution in [0.1, 0.15) is 45.9 Å². The lowest BCUT2D eigenvalue weighted by Gasteiger charge is -2.31. The SMILES string of the molecule is Cc1ccc(-c2c(OC(=O)N(C)C(C)(C)C)c(CC(C)C)nc3ccc(-c4nnn(CC(N)=O)n4)cc23)cc1. The lowest BCUT2D eigenvalue weighted by atomic mass is 9.94. The smallest absolute Gasteiger partial charge is 0.408 e. The average molecular weight is 530 g/mol. The molecule has 4 rings (SSSR count). The summed E-state index contributed by atoms with van der Waals surface area (Å²) in [5.41, 5.74) is 9.74. The van der Waals surface area contributed by atoms with Crippen molar-refractivity contribution in [2.75, 3.05) is 7.05 Å². The summed E-state index contributed by atoms with van der Waals surface area (Å²) in [6, 6.07) is 13.7. The zero-order valence-electron chi connectivity index (χ0n) is 23.5. The van der Waals surface area contributed by atoms with Crippen molar-refractivity contribution in [3.63, 3.8) is 0 Å². The van der Waals surface area contributed by atoms with E-state index in [0.29, 0.717) is 29.3 Å². The molecule has 0 aliphatic heterocycles. The molecule has 0 fully saturated rings. The van der Waals surface area contributed by atoms with Gasteiger partial charge in [0.15, 0.2) is 5.75 Å². The van der Waals surface area contributed by atoms with Crippen molar-refractivity contribution >= 4 is 22.9 Å². The zero-order valence-corrected chi connectivity index (χ0v) is 23.5. The Morgan fingerprint density at radius 3 is 2.36 bits per heavy atom. The number of hydrogen-bond donors (Lipinski definition) is 1. The molecule has 0 saturated heterocycles. The van der Waals surface area contributed by atoms with Gasteiger partial charge in [-0.1, -0.05) is 43.7 Å². The van der Waals surface area contributed by atoms with Crippen molar-refractivity contribution in [2.24, 2.45) is 11.7 Å². The lowest BCUT2D eigenvalue weighted by Crippen LogP contribution is -2.44. The molecule has 2 N–H and O–H groups in total. The van der Waals surface area contributed by atoms with Gasteiger partial charge in [-0.05, 0) is 69.0 Å². The van der Waals surface area contributed by atoms with Crippen LogP contribution in [0.4, 0.5) is 4.79 Å². The number of benzene rings is 2. The van der Waals surface area contributed by atoms with Crippen LogP contribution in [0.25, 0.3) is 33.4 Å². The highest BCUT2D eigenvalue weighted by Crippen LogP contribution is 2.41. The molecule has 0 atom stereocenters. The number of pyridine rings is 1. The fraction of sp³-hybridized carbons (Fsp3) is 0.379. The first-order valence-corrected chi connectivity index (χ1v) is 12.9. The maximum absolute atomic E-state index is 13.4. The van der Waals surface area contributed by atoms with Gasteiger partial charge in [0.2, 0.25) is 11.7 Å². The van der Waals surface area contributed by atoms with Crippen molar-refractivity contribution in [1.82, 2.24) is 30.1 Å². The summed E-state index contributed by atoms with van der Waals surface area (Å²) in [7, 11) is 1.73. The zero-order chi connectivity index (χ0) is 28.5. The molecule has 0 aliphatic carbocycles. The summed E-state index contributed by atoms with van der Waals surface area (Å²) in [5, 5.41) is 13.1. The highest BCUT2D eigenvalue weighted by molar-refractivity contribution is 6.00. The van der Waals surface area contributed by atoms with Crippen molar-refractivity contribution in [2.45, 2.75) is 60.0 Å². The van der Waals surface area contributed by atoms with Gasteiger partial charge in [0, 0.05) is 29.1 Å². The average Bonchev–Trinajstić information content (AvgIpc) is 3.31. The Labute approximate surface area is 228 Å². The number of primary amides is 1. The number of aryl methyl sites for hydroxylation is 1. The Bertz CT molecular complexity index is 1520. The molecule has 2 aromatic carbocycles. The maximum atomic E-state index is 13.4. The molecule has 2 aromatic heterocycles. The Balaban J connectivity index is 1.97. The van der Waals surface area contributed by atoms with Gasteiger partial charge in [0.05, 0.1) is 11.2 Å². The number of hydrogen-bond acceptors (Lipinski definition) is 7. The second-order valence-electron chi connectivity index (χ2n) is 11.2. The summed E-state index contributed by atoms with van der Waals surface area (Å²) in [5.74, 6) is 0.490. The number of ether oxygens (including phenoxy) is 1. The summed E-state index contributed by atoms with van der Waals surface area (Å²) in [6.45, 7) is 11.9. The molecular formula is C29H35N7O3. The molecule has 0 bridgehead atoms. The monoisotopic (exact) mass is 529 g/mol. The van der Waals surface area contributed by atoms with Crippen molar-refractivity contribution in [1.29, 1.82) is 0 Å². The predicted octanol–water partition coefficient (Wildman–Crippen LogP) is 4.78. The molecule has 0 saturated carbocycles. The van der Waals surface area contributed by atoms with Crippen LogP contribution in [0.15, 0.2) is 42.5 Å². The van der Waals surface area contributed by atoms with Gasteiger partial charge in [-0.3, -0.25) is 4.79 Å². The van der Waals surface area contributed by atoms with Crippen molar-refractivity contribution < 1.29 is 14.3 Å². The fourth-order valence-corrected chi connectivity index (χ4v) is 4.07. The van der Waals surface area contributed by atoms with E-state index in [1.807, 2.05) is 70.2 Å². The second kappa shape index (κ2) is 10.8. The minimum absolute atomic E-state index is 0.170. The largest absolute Gasteiger partial charge is 0.415 e. The normalized spacial score (nSPS) is 11.7. The van der Waals surface area contributed by atoms with Crippen LogP contribution in [0.5, 0.6) is 5.75 Å². The van der Waals surface area contributed by atoms with E-state index in [1.165, 1.54) is 0 Å². The van der Waals surface area contributed by atoms with E-state index in [9.17, 15) is 9.59 Å². The standard InChI is InChI=1S/C29H35N7O3/c1-17(2)14-23-26(39-28(38)35(7)29(4,5)6)25(19-10-8-18(3)9-11-19)21-15-20(12-13-22(21)31-23)27-32-34-36(33-27)16-24(30)37/h8-13,15,17H,14,16H2,1-7H3,(H2,30,37). The molecule has 0 unspecified atom stereocenters. The molecule has 0 spiro atoms. The van der Waals surface area contributed by atoms with Gasteiger partial charge >= 0.3 is 6.09 Å². The van der Waals surface area contributed by atoms with E-state index in [0.717, 1.165) is 32.4 Å². The van der Waals surface area contributed by atoms with Gasteiger partial charge in [-0.15, -0.1) is 10.2 Å². The fourth-order valence-electron chi connectivity index (χ4n) is 4.07. The topological polar surface area (TPSA) is 129 Å². The van der Waals surface area contributed by atoms with Gasteiger partial charge < -0.3 is 15.4 Å². The Morgan fingerprint density at radius 2 is 1.74 bits per heavy atom. The van der Waals surface area contributed by atoms with E-state index >= 15 is 0 Å². The Morgan fingerprint density at radius 1 is 1.08 bits per heavy atom. The number of carbonyl (C=O) groups excluding carboxylic acids is 2. The first-order chi connectivity index (χ1) is 18.3. The summed E-state index contributed by atoms with van der Waals surface area (Å²) < 4.78 is 6.18. The first kappa shape index (κ1) is 27.7. The molecule has 10 nitrogen and oxygen atoms in total. The highest BCUT2D eigenvalue weighted by Gasteiger charge is 2.28.